The van der Waals surface area contributed by atoms with Gasteiger partial charge in [0.05, 0.1) is 24.6 Å². The number of carbonyl (C=O) groups excluding carboxylic acids is 2. The summed E-state index contributed by atoms with van der Waals surface area (Å²) in [4.78, 5) is 28.5. The van der Waals surface area contributed by atoms with Crippen molar-refractivity contribution in [1.29, 1.82) is 0 Å². The standard InChI is InChI=1S/C20H23N3O3/c1-22(2)20(25)16-7-5-6-15(14-16)19(24)21-17-8-3-4-9-18(17)23-10-12-26-13-11-23/h3-9,14H,10-13H2,1-2H3,(H,21,24). The van der Waals surface area contributed by atoms with Crippen LogP contribution in [0.4, 0.5) is 11.4 Å². The van der Waals surface area contributed by atoms with Gasteiger partial charge < -0.3 is 19.9 Å². The van der Waals surface area contributed by atoms with E-state index in [1.165, 1.54) is 4.90 Å². The Morgan fingerprint density at radius 3 is 2.42 bits per heavy atom. The van der Waals surface area contributed by atoms with E-state index in [1.54, 1.807) is 38.4 Å². The zero-order valence-corrected chi connectivity index (χ0v) is 15.1. The molecule has 0 radical (unpaired) electrons. The van der Waals surface area contributed by atoms with Gasteiger partial charge >= 0.3 is 0 Å². The van der Waals surface area contributed by atoms with Crippen LogP contribution in [0.5, 0.6) is 0 Å². The molecular weight excluding hydrogens is 330 g/mol. The van der Waals surface area contributed by atoms with Crippen molar-refractivity contribution >= 4 is 23.2 Å². The van der Waals surface area contributed by atoms with Crippen molar-refractivity contribution in [3.63, 3.8) is 0 Å². The average Bonchev–Trinajstić information content (AvgIpc) is 2.68. The average molecular weight is 353 g/mol. The molecule has 0 atom stereocenters. The lowest BCUT2D eigenvalue weighted by molar-refractivity contribution is 0.0827. The molecular formula is C20H23N3O3. The Labute approximate surface area is 153 Å². The predicted octanol–water partition coefficient (Wildman–Crippen LogP) is 2.48. The fraction of sp³-hybridized carbons (Fsp3) is 0.300. The highest BCUT2D eigenvalue weighted by Crippen LogP contribution is 2.27. The Balaban J connectivity index is 1.80. The topological polar surface area (TPSA) is 61.9 Å². The zero-order valence-electron chi connectivity index (χ0n) is 15.1. The normalized spacial score (nSPS) is 14.0. The molecule has 1 heterocycles. The minimum Gasteiger partial charge on any atom is -0.378 e. The molecule has 1 N–H and O–H groups in total. The summed E-state index contributed by atoms with van der Waals surface area (Å²) in [6.45, 7) is 2.94. The fourth-order valence-corrected chi connectivity index (χ4v) is 2.91. The number of morpholine rings is 1. The highest BCUT2D eigenvalue weighted by molar-refractivity contribution is 6.07. The van der Waals surface area contributed by atoms with Crippen molar-refractivity contribution in [2.75, 3.05) is 50.6 Å². The van der Waals surface area contributed by atoms with Gasteiger partial charge in [-0.2, -0.15) is 0 Å². The van der Waals surface area contributed by atoms with E-state index in [-0.39, 0.29) is 11.8 Å². The Bertz CT molecular complexity index is 798. The van der Waals surface area contributed by atoms with Gasteiger partial charge in [-0.05, 0) is 30.3 Å². The summed E-state index contributed by atoms with van der Waals surface area (Å²) in [6.07, 6.45) is 0. The second-order valence-electron chi connectivity index (χ2n) is 6.35. The lowest BCUT2D eigenvalue weighted by Crippen LogP contribution is -2.36. The molecule has 0 aliphatic carbocycles. The quantitative estimate of drug-likeness (QED) is 0.917. The molecule has 1 aliphatic heterocycles. The highest BCUT2D eigenvalue weighted by atomic mass is 16.5. The number of ether oxygens (including phenoxy) is 1. The van der Waals surface area contributed by atoms with Gasteiger partial charge in [0, 0.05) is 38.3 Å². The van der Waals surface area contributed by atoms with Crippen LogP contribution < -0.4 is 10.2 Å². The number of para-hydroxylation sites is 2. The van der Waals surface area contributed by atoms with Gasteiger partial charge in [0.25, 0.3) is 11.8 Å². The Kier molecular flexibility index (Phi) is 5.53. The second kappa shape index (κ2) is 8.01. The lowest BCUT2D eigenvalue weighted by Gasteiger charge is -2.30. The molecule has 0 aromatic heterocycles. The van der Waals surface area contributed by atoms with Crippen molar-refractivity contribution in [3.05, 3.63) is 59.7 Å². The number of hydrogen-bond donors (Lipinski definition) is 1. The van der Waals surface area contributed by atoms with Crippen LogP contribution in [-0.2, 0) is 4.74 Å². The van der Waals surface area contributed by atoms with Crippen LogP contribution in [-0.4, -0.2) is 57.1 Å². The Hall–Kier alpha value is -2.86. The van der Waals surface area contributed by atoms with Gasteiger partial charge in [-0.1, -0.05) is 18.2 Å². The van der Waals surface area contributed by atoms with Crippen molar-refractivity contribution in [2.45, 2.75) is 0 Å². The van der Waals surface area contributed by atoms with Gasteiger partial charge in [-0.15, -0.1) is 0 Å². The SMILES string of the molecule is CN(C)C(=O)c1cccc(C(=O)Nc2ccccc2N2CCOCC2)c1. The van der Waals surface area contributed by atoms with Crippen LogP contribution in [0.15, 0.2) is 48.5 Å². The third-order valence-electron chi connectivity index (χ3n) is 4.28. The number of nitrogens with one attached hydrogen (secondary N) is 1. The van der Waals surface area contributed by atoms with E-state index in [9.17, 15) is 9.59 Å². The molecule has 1 fully saturated rings. The van der Waals surface area contributed by atoms with Gasteiger partial charge in [0.15, 0.2) is 0 Å². The maximum atomic E-state index is 12.7. The third kappa shape index (κ3) is 4.03. The molecule has 2 amide bonds. The van der Waals surface area contributed by atoms with Gasteiger partial charge in [0.2, 0.25) is 0 Å². The van der Waals surface area contributed by atoms with E-state index < -0.39 is 0 Å². The second-order valence-corrected chi connectivity index (χ2v) is 6.35. The number of rotatable bonds is 4. The molecule has 136 valence electrons. The monoisotopic (exact) mass is 353 g/mol. The highest BCUT2D eigenvalue weighted by Gasteiger charge is 2.17. The minimum absolute atomic E-state index is 0.131. The summed E-state index contributed by atoms with van der Waals surface area (Å²) in [5.41, 5.74) is 2.67. The summed E-state index contributed by atoms with van der Waals surface area (Å²) in [5, 5.41) is 2.97. The van der Waals surface area contributed by atoms with Crippen LogP contribution in [0.3, 0.4) is 0 Å². The van der Waals surface area contributed by atoms with E-state index in [2.05, 4.69) is 10.2 Å². The minimum atomic E-state index is -0.237. The Morgan fingerprint density at radius 1 is 1.00 bits per heavy atom. The summed E-state index contributed by atoms with van der Waals surface area (Å²) in [6, 6.07) is 14.5. The van der Waals surface area contributed by atoms with Gasteiger partial charge in [-0.3, -0.25) is 9.59 Å². The molecule has 6 heteroatoms. The van der Waals surface area contributed by atoms with Crippen LogP contribution in [0, 0.1) is 0 Å². The first-order valence-corrected chi connectivity index (χ1v) is 8.61. The largest absolute Gasteiger partial charge is 0.378 e. The molecule has 0 unspecified atom stereocenters. The fourth-order valence-electron chi connectivity index (χ4n) is 2.91. The van der Waals surface area contributed by atoms with E-state index in [4.69, 9.17) is 4.74 Å². The molecule has 0 saturated carbocycles. The van der Waals surface area contributed by atoms with Gasteiger partial charge in [0.1, 0.15) is 0 Å². The maximum Gasteiger partial charge on any atom is 0.255 e. The number of amides is 2. The molecule has 3 rings (SSSR count). The molecule has 26 heavy (non-hydrogen) atoms. The Morgan fingerprint density at radius 2 is 1.69 bits per heavy atom. The summed E-state index contributed by atoms with van der Waals surface area (Å²) in [5.74, 6) is -0.368. The van der Waals surface area contributed by atoms with Crippen LogP contribution in [0.2, 0.25) is 0 Å². The number of benzene rings is 2. The molecule has 6 nitrogen and oxygen atoms in total. The maximum absolute atomic E-state index is 12.7. The van der Waals surface area contributed by atoms with E-state index in [1.807, 2.05) is 24.3 Å². The number of nitrogens with zero attached hydrogens (tertiary/aromatic N) is 2. The number of carbonyl (C=O) groups is 2. The molecule has 2 aromatic rings. The van der Waals surface area contributed by atoms with Crippen molar-refractivity contribution in [1.82, 2.24) is 4.90 Å². The summed E-state index contributed by atoms with van der Waals surface area (Å²) < 4.78 is 5.40. The molecule has 2 aromatic carbocycles. The lowest BCUT2D eigenvalue weighted by atomic mass is 10.1. The smallest absolute Gasteiger partial charge is 0.255 e. The van der Waals surface area contributed by atoms with Crippen molar-refractivity contribution in [2.24, 2.45) is 0 Å². The summed E-state index contributed by atoms with van der Waals surface area (Å²) in [7, 11) is 3.38. The first kappa shape index (κ1) is 17.9. The third-order valence-corrected chi connectivity index (χ3v) is 4.28. The first-order chi connectivity index (χ1) is 12.6. The van der Waals surface area contributed by atoms with E-state index in [0.29, 0.717) is 24.3 Å². The van der Waals surface area contributed by atoms with Crippen LogP contribution in [0.1, 0.15) is 20.7 Å². The van der Waals surface area contributed by atoms with Crippen molar-refractivity contribution in [3.8, 4) is 0 Å². The van der Waals surface area contributed by atoms with E-state index >= 15 is 0 Å². The van der Waals surface area contributed by atoms with Crippen LogP contribution in [0.25, 0.3) is 0 Å². The predicted molar refractivity (Wildman–Crippen MR) is 102 cm³/mol. The summed E-state index contributed by atoms with van der Waals surface area (Å²) >= 11 is 0. The van der Waals surface area contributed by atoms with Crippen molar-refractivity contribution < 1.29 is 14.3 Å². The zero-order chi connectivity index (χ0) is 18.5. The number of hydrogen-bond acceptors (Lipinski definition) is 4. The van der Waals surface area contributed by atoms with Crippen LogP contribution >= 0.6 is 0 Å². The van der Waals surface area contributed by atoms with Gasteiger partial charge in [-0.25, -0.2) is 0 Å². The van der Waals surface area contributed by atoms with E-state index in [0.717, 1.165) is 24.5 Å². The first-order valence-electron chi connectivity index (χ1n) is 8.61. The molecule has 0 bridgehead atoms. The molecule has 1 saturated heterocycles. The molecule has 1 aliphatic rings. The number of anilines is 2. The molecule has 0 spiro atoms.